The average molecular weight is 270 g/mol. The molecule has 20 heavy (non-hydrogen) atoms. The lowest BCUT2D eigenvalue weighted by Crippen LogP contribution is -2.14. The van der Waals surface area contributed by atoms with Crippen molar-refractivity contribution in [2.75, 3.05) is 0 Å². The van der Waals surface area contributed by atoms with E-state index in [1.54, 1.807) is 24.9 Å². The third-order valence-electron chi connectivity index (χ3n) is 2.91. The molecule has 3 N–H and O–H groups in total. The predicted molar refractivity (Wildman–Crippen MR) is 70.6 cm³/mol. The maximum Gasteiger partial charge on any atom is 0.243 e. The Morgan fingerprint density at radius 3 is 2.85 bits per heavy atom. The van der Waals surface area contributed by atoms with Crippen molar-refractivity contribution in [3.63, 3.8) is 0 Å². The minimum absolute atomic E-state index is 0.339. The molecular weight excluding hydrogens is 256 g/mol. The second-order valence-corrected chi connectivity index (χ2v) is 4.47. The molecule has 0 aromatic carbocycles. The summed E-state index contributed by atoms with van der Waals surface area (Å²) < 4.78 is 5.21. The van der Waals surface area contributed by atoms with E-state index in [1.807, 2.05) is 12.1 Å². The number of pyridine rings is 1. The van der Waals surface area contributed by atoms with E-state index in [-0.39, 0.29) is 6.04 Å². The highest BCUT2D eigenvalue weighted by Crippen LogP contribution is 2.14. The van der Waals surface area contributed by atoms with E-state index in [0.717, 1.165) is 11.3 Å². The molecule has 0 unspecified atom stereocenters. The molecule has 0 spiro atoms. The molecule has 1 atom stereocenters. The summed E-state index contributed by atoms with van der Waals surface area (Å²) in [7, 11) is 0. The van der Waals surface area contributed by atoms with Crippen molar-refractivity contribution >= 4 is 0 Å². The quantitative estimate of drug-likeness (QED) is 0.717. The summed E-state index contributed by atoms with van der Waals surface area (Å²) in [5, 5.41) is 3.95. The molecule has 0 aliphatic carbocycles. The molecule has 7 nitrogen and oxygen atoms in total. The van der Waals surface area contributed by atoms with Gasteiger partial charge in [0.25, 0.3) is 0 Å². The standard InChI is InChI=1S/C13H14N6O/c14-11(6-10-7-16-8-17-10)13-18-12(19-20-13)5-9-1-3-15-4-2-9/h1-4,7-8,11H,5-6,14H2,(H,16,17)/t11-/m0/s1. The molecule has 0 amide bonds. The van der Waals surface area contributed by atoms with Gasteiger partial charge in [-0.2, -0.15) is 4.98 Å². The number of aromatic nitrogens is 5. The number of aromatic amines is 1. The number of hydrogen-bond acceptors (Lipinski definition) is 6. The van der Waals surface area contributed by atoms with Gasteiger partial charge >= 0.3 is 0 Å². The zero-order valence-corrected chi connectivity index (χ0v) is 10.7. The highest BCUT2D eigenvalue weighted by molar-refractivity contribution is 5.15. The van der Waals surface area contributed by atoms with Gasteiger partial charge in [-0.3, -0.25) is 4.98 Å². The maximum atomic E-state index is 6.04. The number of nitrogens with two attached hydrogens (primary N) is 1. The highest BCUT2D eigenvalue weighted by atomic mass is 16.5. The molecule has 0 bridgehead atoms. The Balaban J connectivity index is 1.67. The lowest BCUT2D eigenvalue weighted by molar-refractivity contribution is 0.350. The van der Waals surface area contributed by atoms with Crippen LogP contribution in [-0.2, 0) is 12.8 Å². The summed E-state index contributed by atoms with van der Waals surface area (Å²) in [4.78, 5) is 15.2. The first kappa shape index (κ1) is 12.5. The van der Waals surface area contributed by atoms with Gasteiger partial charge in [0.05, 0.1) is 12.4 Å². The molecule has 3 heterocycles. The fraction of sp³-hybridized carbons (Fsp3) is 0.231. The van der Waals surface area contributed by atoms with E-state index in [0.29, 0.717) is 24.6 Å². The summed E-state index contributed by atoms with van der Waals surface area (Å²) in [6, 6.07) is 3.50. The van der Waals surface area contributed by atoms with Crippen LogP contribution in [0.4, 0.5) is 0 Å². The number of nitrogens with zero attached hydrogens (tertiary/aromatic N) is 4. The lowest BCUT2D eigenvalue weighted by atomic mass is 10.2. The molecule has 0 aliphatic rings. The Morgan fingerprint density at radius 1 is 1.25 bits per heavy atom. The molecule has 0 saturated carbocycles. The van der Waals surface area contributed by atoms with E-state index in [2.05, 4.69) is 25.1 Å². The van der Waals surface area contributed by atoms with Gasteiger partial charge in [0.2, 0.25) is 5.89 Å². The normalized spacial score (nSPS) is 12.4. The maximum absolute atomic E-state index is 6.04. The molecule has 3 aromatic rings. The fourth-order valence-electron chi connectivity index (χ4n) is 1.89. The number of H-pyrrole nitrogens is 1. The van der Waals surface area contributed by atoms with Crippen molar-refractivity contribution in [3.05, 3.63) is 60.0 Å². The summed E-state index contributed by atoms with van der Waals surface area (Å²) in [5.41, 5.74) is 8.05. The first-order chi connectivity index (χ1) is 9.81. The first-order valence-electron chi connectivity index (χ1n) is 6.25. The van der Waals surface area contributed by atoms with E-state index in [4.69, 9.17) is 10.3 Å². The second-order valence-electron chi connectivity index (χ2n) is 4.47. The first-order valence-corrected chi connectivity index (χ1v) is 6.25. The molecular formula is C13H14N6O. The van der Waals surface area contributed by atoms with Crippen LogP contribution in [0.1, 0.15) is 29.0 Å². The van der Waals surface area contributed by atoms with Gasteiger partial charge < -0.3 is 15.2 Å². The lowest BCUT2D eigenvalue weighted by Gasteiger charge is -2.03. The molecule has 0 aliphatic heterocycles. The van der Waals surface area contributed by atoms with E-state index in [9.17, 15) is 0 Å². The van der Waals surface area contributed by atoms with E-state index < -0.39 is 0 Å². The van der Waals surface area contributed by atoms with Gasteiger partial charge in [0.15, 0.2) is 5.82 Å². The molecule has 3 rings (SSSR count). The minimum atomic E-state index is -0.339. The van der Waals surface area contributed by atoms with Crippen LogP contribution in [0.3, 0.4) is 0 Å². The van der Waals surface area contributed by atoms with Crippen molar-refractivity contribution in [2.24, 2.45) is 5.73 Å². The van der Waals surface area contributed by atoms with Crippen LogP contribution in [0, 0.1) is 0 Å². The van der Waals surface area contributed by atoms with Crippen LogP contribution < -0.4 is 5.73 Å². The zero-order chi connectivity index (χ0) is 13.8. The predicted octanol–water partition coefficient (Wildman–Crippen LogP) is 1.02. The number of rotatable bonds is 5. The Morgan fingerprint density at radius 2 is 2.10 bits per heavy atom. The van der Waals surface area contributed by atoms with Gasteiger partial charge in [0.1, 0.15) is 0 Å². The average Bonchev–Trinajstić information content (AvgIpc) is 3.11. The summed E-state index contributed by atoms with van der Waals surface area (Å²) >= 11 is 0. The number of hydrogen-bond donors (Lipinski definition) is 2. The van der Waals surface area contributed by atoms with Crippen LogP contribution in [0.2, 0.25) is 0 Å². The minimum Gasteiger partial charge on any atom is -0.348 e. The van der Waals surface area contributed by atoms with Crippen molar-refractivity contribution < 1.29 is 4.52 Å². The van der Waals surface area contributed by atoms with Crippen molar-refractivity contribution in [1.29, 1.82) is 0 Å². The smallest absolute Gasteiger partial charge is 0.243 e. The van der Waals surface area contributed by atoms with Gasteiger partial charge in [0, 0.05) is 37.1 Å². The Kier molecular flexibility index (Phi) is 3.51. The zero-order valence-electron chi connectivity index (χ0n) is 10.7. The summed E-state index contributed by atoms with van der Waals surface area (Å²) in [5.74, 6) is 1.05. The van der Waals surface area contributed by atoms with Gasteiger partial charge in [-0.25, -0.2) is 4.98 Å². The van der Waals surface area contributed by atoms with Crippen molar-refractivity contribution in [3.8, 4) is 0 Å². The molecule has 0 saturated heterocycles. The van der Waals surface area contributed by atoms with Gasteiger partial charge in [-0.15, -0.1) is 0 Å². The topological polar surface area (TPSA) is 107 Å². The van der Waals surface area contributed by atoms with E-state index >= 15 is 0 Å². The van der Waals surface area contributed by atoms with Gasteiger partial charge in [-0.05, 0) is 17.7 Å². The molecule has 102 valence electrons. The molecule has 7 heteroatoms. The number of imidazole rings is 1. The summed E-state index contributed by atoms with van der Waals surface area (Å²) in [6.07, 6.45) is 8.00. The molecule has 0 radical (unpaired) electrons. The van der Waals surface area contributed by atoms with E-state index in [1.165, 1.54) is 0 Å². The van der Waals surface area contributed by atoms with Crippen molar-refractivity contribution in [1.82, 2.24) is 25.1 Å². The summed E-state index contributed by atoms with van der Waals surface area (Å²) in [6.45, 7) is 0. The van der Waals surface area contributed by atoms with Gasteiger partial charge in [-0.1, -0.05) is 5.16 Å². The van der Waals surface area contributed by atoms with Crippen LogP contribution in [0.15, 0.2) is 41.6 Å². The Hall–Kier alpha value is -2.54. The van der Waals surface area contributed by atoms with Crippen molar-refractivity contribution in [2.45, 2.75) is 18.9 Å². The van der Waals surface area contributed by atoms with Crippen LogP contribution >= 0.6 is 0 Å². The third kappa shape index (κ3) is 2.89. The fourth-order valence-corrected chi connectivity index (χ4v) is 1.89. The molecule has 3 aromatic heterocycles. The number of nitrogens with one attached hydrogen (secondary N) is 1. The largest absolute Gasteiger partial charge is 0.348 e. The highest BCUT2D eigenvalue weighted by Gasteiger charge is 2.16. The monoisotopic (exact) mass is 270 g/mol. The van der Waals surface area contributed by atoms with Crippen LogP contribution in [0.25, 0.3) is 0 Å². The Bertz CT molecular complexity index is 649. The Labute approximate surface area is 115 Å². The van der Waals surface area contributed by atoms with Crippen LogP contribution in [-0.4, -0.2) is 25.1 Å². The SMILES string of the molecule is N[C@@H](Cc1cnc[nH]1)c1nc(Cc2ccncc2)no1. The molecule has 0 fully saturated rings. The third-order valence-corrected chi connectivity index (χ3v) is 2.91. The second kappa shape index (κ2) is 5.62. The van der Waals surface area contributed by atoms with Crippen LogP contribution in [0.5, 0.6) is 0 Å².